The fourth-order valence-corrected chi connectivity index (χ4v) is 3.33. The first kappa shape index (κ1) is 14.3. The lowest BCUT2D eigenvalue weighted by molar-refractivity contribution is -0.131. The Hall–Kier alpha value is -0.650. The van der Waals surface area contributed by atoms with Crippen molar-refractivity contribution in [1.82, 2.24) is 15.1 Å². The molecule has 3 fully saturated rings. The van der Waals surface area contributed by atoms with E-state index in [1.807, 2.05) is 14.1 Å². The molecule has 5 nitrogen and oxygen atoms in total. The number of piperidine rings is 1. The molecule has 1 spiro atoms. The third kappa shape index (κ3) is 3.32. The second-order valence-corrected chi connectivity index (χ2v) is 6.90. The van der Waals surface area contributed by atoms with Gasteiger partial charge in [-0.1, -0.05) is 0 Å². The molecule has 0 aromatic heterocycles. The van der Waals surface area contributed by atoms with Gasteiger partial charge in [-0.3, -0.25) is 9.69 Å². The highest BCUT2D eigenvalue weighted by Gasteiger charge is 2.43. The first-order valence-electron chi connectivity index (χ1n) is 7.89. The molecule has 0 bridgehead atoms. The van der Waals surface area contributed by atoms with Crippen molar-refractivity contribution < 1.29 is 9.53 Å². The summed E-state index contributed by atoms with van der Waals surface area (Å²) in [4.78, 5) is 15.7. The Morgan fingerprint density at radius 2 is 2.00 bits per heavy atom. The number of nitrogens with one attached hydrogen (secondary N) is 1. The van der Waals surface area contributed by atoms with Crippen LogP contribution in [0.15, 0.2) is 0 Å². The summed E-state index contributed by atoms with van der Waals surface area (Å²) in [5.74, 6) is 0.196. The van der Waals surface area contributed by atoms with Gasteiger partial charge < -0.3 is 15.0 Å². The van der Waals surface area contributed by atoms with Crippen molar-refractivity contribution >= 4 is 5.91 Å². The van der Waals surface area contributed by atoms with Crippen LogP contribution in [0, 0.1) is 0 Å². The quantitative estimate of drug-likeness (QED) is 0.813. The highest BCUT2D eigenvalue weighted by molar-refractivity contribution is 5.77. The van der Waals surface area contributed by atoms with Gasteiger partial charge in [-0.25, -0.2) is 0 Å². The topological polar surface area (TPSA) is 44.8 Å². The van der Waals surface area contributed by atoms with Crippen LogP contribution >= 0.6 is 0 Å². The second kappa shape index (κ2) is 5.62. The van der Waals surface area contributed by atoms with Gasteiger partial charge in [0.05, 0.1) is 18.8 Å². The molecule has 114 valence electrons. The SMILES string of the molecule is CN(C)C(=O)CN1CCC2(CC1)CC(NC1CC1)CO2. The number of nitrogens with zero attached hydrogens (tertiary/aromatic N) is 2. The fraction of sp³-hybridized carbons (Fsp3) is 0.933. The lowest BCUT2D eigenvalue weighted by atomic mass is 9.87. The van der Waals surface area contributed by atoms with E-state index < -0.39 is 0 Å². The number of carbonyl (C=O) groups excluding carboxylic acids is 1. The van der Waals surface area contributed by atoms with Gasteiger partial charge in [0.25, 0.3) is 0 Å². The van der Waals surface area contributed by atoms with Gasteiger partial charge in [0.15, 0.2) is 0 Å². The van der Waals surface area contributed by atoms with Crippen LogP contribution in [0.4, 0.5) is 0 Å². The van der Waals surface area contributed by atoms with Crippen LogP contribution in [-0.2, 0) is 9.53 Å². The molecule has 1 N–H and O–H groups in total. The van der Waals surface area contributed by atoms with E-state index in [9.17, 15) is 4.79 Å². The number of likely N-dealkylation sites (tertiary alicyclic amines) is 1. The Morgan fingerprint density at radius 1 is 1.30 bits per heavy atom. The standard InChI is InChI=1S/C15H27N3O2/c1-17(2)14(19)10-18-7-5-15(6-8-18)9-13(11-20-15)16-12-3-4-12/h12-13,16H,3-11H2,1-2H3. The van der Waals surface area contributed by atoms with E-state index in [0.717, 1.165) is 45.0 Å². The normalized spacial score (nSPS) is 29.8. The van der Waals surface area contributed by atoms with Crippen molar-refractivity contribution in [1.29, 1.82) is 0 Å². The number of amides is 1. The van der Waals surface area contributed by atoms with Crippen LogP contribution in [0.3, 0.4) is 0 Å². The number of hydrogen-bond acceptors (Lipinski definition) is 4. The summed E-state index contributed by atoms with van der Waals surface area (Å²) < 4.78 is 6.14. The summed E-state index contributed by atoms with van der Waals surface area (Å²) in [5.41, 5.74) is 0.0875. The third-order valence-corrected chi connectivity index (χ3v) is 4.88. The van der Waals surface area contributed by atoms with Crippen LogP contribution in [0.2, 0.25) is 0 Å². The lowest BCUT2D eigenvalue weighted by Gasteiger charge is -2.38. The predicted octanol–water partition coefficient (Wildman–Crippen LogP) is 0.450. The Bertz CT molecular complexity index is 360. The molecule has 20 heavy (non-hydrogen) atoms. The highest BCUT2D eigenvalue weighted by atomic mass is 16.5. The maximum atomic E-state index is 11.7. The molecule has 1 saturated carbocycles. The van der Waals surface area contributed by atoms with E-state index in [4.69, 9.17) is 4.74 Å². The molecule has 0 aromatic rings. The smallest absolute Gasteiger partial charge is 0.236 e. The van der Waals surface area contributed by atoms with Crippen molar-refractivity contribution in [3.8, 4) is 0 Å². The number of carbonyl (C=O) groups is 1. The van der Waals surface area contributed by atoms with E-state index in [1.54, 1.807) is 4.90 Å². The van der Waals surface area contributed by atoms with Crippen molar-refractivity contribution in [3.63, 3.8) is 0 Å². The summed E-state index contributed by atoms with van der Waals surface area (Å²) in [6.07, 6.45) is 5.96. The average molecular weight is 281 g/mol. The molecule has 0 radical (unpaired) electrons. The van der Waals surface area contributed by atoms with Crippen LogP contribution in [0.1, 0.15) is 32.1 Å². The van der Waals surface area contributed by atoms with Gasteiger partial charge in [0, 0.05) is 39.3 Å². The highest BCUT2D eigenvalue weighted by Crippen LogP contribution is 2.36. The zero-order chi connectivity index (χ0) is 14.2. The van der Waals surface area contributed by atoms with E-state index in [2.05, 4.69) is 10.2 Å². The molecule has 2 saturated heterocycles. The first-order chi connectivity index (χ1) is 9.56. The minimum absolute atomic E-state index is 0.0875. The summed E-state index contributed by atoms with van der Waals surface area (Å²) in [5, 5.41) is 3.68. The number of rotatable bonds is 4. The molecule has 1 amide bonds. The lowest BCUT2D eigenvalue weighted by Crippen LogP contribution is -2.47. The van der Waals surface area contributed by atoms with Crippen molar-refractivity contribution in [3.05, 3.63) is 0 Å². The van der Waals surface area contributed by atoms with E-state index in [1.165, 1.54) is 12.8 Å². The van der Waals surface area contributed by atoms with Gasteiger partial charge in [0.1, 0.15) is 0 Å². The number of likely N-dealkylation sites (N-methyl/N-ethyl adjacent to an activating group) is 1. The molecule has 3 aliphatic rings. The number of hydrogen-bond donors (Lipinski definition) is 1. The minimum Gasteiger partial charge on any atom is -0.373 e. The van der Waals surface area contributed by atoms with Gasteiger partial charge in [-0.05, 0) is 32.1 Å². The second-order valence-electron chi connectivity index (χ2n) is 6.90. The van der Waals surface area contributed by atoms with Crippen LogP contribution in [0.5, 0.6) is 0 Å². The Kier molecular flexibility index (Phi) is 4.02. The monoisotopic (exact) mass is 281 g/mol. The van der Waals surface area contributed by atoms with Crippen LogP contribution < -0.4 is 5.32 Å². The Balaban J connectivity index is 1.44. The molecule has 2 heterocycles. The van der Waals surface area contributed by atoms with Crippen molar-refractivity contribution in [2.24, 2.45) is 0 Å². The van der Waals surface area contributed by atoms with Gasteiger partial charge in [0.2, 0.25) is 5.91 Å². The van der Waals surface area contributed by atoms with Gasteiger partial charge >= 0.3 is 0 Å². The Labute approximate surface area is 121 Å². The predicted molar refractivity (Wildman–Crippen MR) is 77.6 cm³/mol. The van der Waals surface area contributed by atoms with E-state index in [0.29, 0.717) is 12.6 Å². The maximum absolute atomic E-state index is 11.7. The largest absolute Gasteiger partial charge is 0.373 e. The van der Waals surface area contributed by atoms with Gasteiger partial charge in [-0.15, -0.1) is 0 Å². The zero-order valence-electron chi connectivity index (χ0n) is 12.7. The molecule has 2 aliphatic heterocycles. The van der Waals surface area contributed by atoms with E-state index in [-0.39, 0.29) is 11.5 Å². The average Bonchev–Trinajstić information content (AvgIpc) is 3.14. The van der Waals surface area contributed by atoms with Crippen molar-refractivity contribution in [2.45, 2.75) is 49.8 Å². The number of ether oxygens (including phenoxy) is 1. The molecule has 1 atom stereocenters. The van der Waals surface area contributed by atoms with E-state index >= 15 is 0 Å². The van der Waals surface area contributed by atoms with Crippen molar-refractivity contribution in [2.75, 3.05) is 40.3 Å². The van der Waals surface area contributed by atoms with Gasteiger partial charge in [-0.2, -0.15) is 0 Å². The molecule has 1 unspecified atom stereocenters. The minimum atomic E-state index is 0.0875. The fourth-order valence-electron chi connectivity index (χ4n) is 3.33. The maximum Gasteiger partial charge on any atom is 0.236 e. The molecule has 1 aliphatic carbocycles. The molecular formula is C15H27N3O2. The van der Waals surface area contributed by atoms with Crippen LogP contribution in [0.25, 0.3) is 0 Å². The molecule has 5 heteroatoms. The molecule has 0 aromatic carbocycles. The van der Waals surface area contributed by atoms with Crippen LogP contribution in [-0.4, -0.2) is 73.7 Å². The Morgan fingerprint density at radius 3 is 2.60 bits per heavy atom. The summed E-state index contributed by atoms with van der Waals surface area (Å²) in [6.45, 7) is 3.38. The molecule has 3 rings (SSSR count). The molecular weight excluding hydrogens is 254 g/mol. The third-order valence-electron chi connectivity index (χ3n) is 4.88. The summed E-state index contributed by atoms with van der Waals surface area (Å²) in [7, 11) is 3.64. The summed E-state index contributed by atoms with van der Waals surface area (Å²) in [6, 6.07) is 1.31. The zero-order valence-corrected chi connectivity index (χ0v) is 12.7. The first-order valence-corrected chi connectivity index (χ1v) is 7.89. The summed E-state index contributed by atoms with van der Waals surface area (Å²) >= 11 is 0.